The highest BCUT2D eigenvalue weighted by molar-refractivity contribution is 5.88. The van der Waals surface area contributed by atoms with Gasteiger partial charge in [0.15, 0.2) is 0 Å². The minimum atomic E-state index is -0.723. The first-order valence-electron chi connectivity index (χ1n) is 4.45. The third-order valence-electron chi connectivity index (χ3n) is 3.16. The maximum atomic E-state index is 11.4. The summed E-state index contributed by atoms with van der Waals surface area (Å²) in [4.78, 5) is 22.0. The van der Waals surface area contributed by atoms with Gasteiger partial charge in [0.25, 0.3) is 0 Å². The van der Waals surface area contributed by atoms with Crippen LogP contribution >= 0.6 is 0 Å². The van der Waals surface area contributed by atoms with E-state index in [0.29, 0.717) is 18.6 Å². The Morgan fingerprint density at radius 3 is 2.17 bits per heavy atom. The number of hydrogen-bond acceptors (Lipinski definition) is 2. The molecule has 0 radical (unpaired) electrons. The molecule has 2 aliphatic carbocycles. The molecule has 1 unspecified atom stereocenters. The number of carbonyl (C=O) groups is 2. The Labute approximate surface area is 70.8 Å². The van der Waals surface area contributed by atoms with Crippen molar-refractivity contribution >= 4 is 11.8 Å². The Morgan fingerprint density at radius 2 is 1.75 bits per heavy atom. The average molecular weight is 168 g/mol. The van der Waals surface area contributed by atoms with Gasteiger partial charge in [-0.15, -0.1) is 0 Å². The minimum absolute atomic E-state index is 0.0739. The maximum Gasteiger partial charge on any atom is 0.306 e. The van der Waals surface area contributed by atoms with E-state index in [1.165, 1.54) is 0 Å². The van der Waals surface area contributed by atoms with E-state index >= 15 is 0 Å². The molecule has 0 spiro atoms. The first-order chi connectivity index (χ1) is 5.68. The molecule has 0 amide bonds. The molecule has 0 aromatic rings. The highest BCUT2D eigenvalue weighted by atomic mass is 16.4. The summed E-state index contributed by atoms with van der Waals surface area (Å²) in [5.74, 6) is -0.498. The van der Waals surface area contributed by atoms with Crippen molar-refractivity contribution in [3.8, 4) is 0 Å². The van der Waals surface area contributed by atoms with Gasteiger partial charge >= 0.3 is 5.97 Å². The van der Waals surface area contributed by atoms with E-state index in [-0.39, 0.29) is 17.8 Å². The highest BCUT2D eigenvalue weighted by Gasteiger charge is 2.43. The molecule has 2 bridgehead atoms. The van der Waals surface area contributed by atoms with Gasteiger partial charge in [-0.3, -0.25) is 9.59 Å². The molecule has 66 valence electrons. The lowest BCUT2D eigenvalue weighted by molar-refractivity contribution is -0.145. The predicted octanol–water partition coefficient (Wildman–Crippen LogP) is 1.08. The molecule has 3 nitrogen and oxygen atoms in total. The SMILES string of the molecule is O=C(O)C1C[C@H]2CC[C@@H](C1)C2=O. The summed E-state index contributed by atoms with van der Waals surface area (Å²) in [6.45, 7) is 0. The fourth-order valence-corrected chi connectivity index (χ4v) is 2.47. The lowest BCUT2D eigenvalue weighted by Gasteiger charge is -2.23. The molecule has 2 aliphatic rings. The van der Waals surface area contributed by atoms with Crippen molar-refractivity contribution in [1.82, 2.24) is 0 Å². The number of carboxylic acids is 1. The second-order valence-electron chi connectivity index (χ2n) is 3.88. The van der Waals surface area contributed by atoms with Gasteiger partial charge < -0.3 is 5.11 Å². The molecule has 0 aromatic heterocycles. The summed E-state index contributed by atoms with van der Waals surface area (Å²) >= 11 is 0. The van der Waals surface area contributed by atoms with Crippen LogP contribution in [-0.4, -0.2) is 16.9 Å². The van der Waals surface area contributed by atoms with E-state index in [0.717, 1.165) is 12.8 Å². The summed E-state index contributed by atoms with van der Waals surface area (Å²) < 4.78 is 0. The van der Waals surface area contributed by atoms with Crippen LogP contribution in [0.15, 0.2) is 0 Å². The van der Waals surface area contributed by atoms with Crippen molar-refractivity contribution in [2.24, 2.45) is 17.8 Å². The fraction of sp³-hybridized carbons (Fsp3) is 0.778. The zero-order valence-electron chi connectivity index (χ0n) is 6.82. The van der Waals surface area contributed by atoms with Crippen LogP contribution in [0.1, 0.15) is 25.7 Å². The molecule has 12 heavy (non-hydrogen) atoms. The summed E-state index contributed by atoms with van der Waals surface area (Å²) in [7, 11) is 0. The van der Waals surface area contributed by atoms with E-state index < -0.39 is 5.97 Å². The smallest absolute Gasteiger partial charge is 0.306 e. The van der Waals surface area contributed by atoms with Crippen molar-refractivity contribution in [2.75, 3.05) is 0 Å². The van der Waals surface area contributed by atoms with Crippen LogP contribution < -0.4 is 0 Å². The van der Waals surface area contributed by atoms with Gasteiger partial charge in [0, 0.05) is 11.8 Å². The largest absolute Gasteiger partial charge is 0.481 e. The zero-order valence-corrected chi connectivity index (χ0v) is 6.82. The predicted molar refractivity (Wildman–Crippen MR) is 41.6 cm³/mol. The quantitative estimate of drug-likeness (QED) is 0.637. The van der Waals surface area contributed by atoms with Gasteiger partial charge in [-0.1, -0.05) is 0 Å². The molecule has 3 heteroatoms. The van der Waals surface area contributed by atoms with Crippen molar-refractivity contribution in [2.45, 2.75) is 25.7 Å². The molecule has 1 N–H and O–H groups in total. The first kappa shape index (κ1) is 7.77. The maximum absolute atomic E-state index is 11.4. The van der Waals surface area contributed by atoms with Gasteiger partial charge in [0.1, 0.15) is 5.78 Å². The van der Waals surface area contributed by atoms with E-state index in [1.54, 1.807) is 0 Å². The molecular formula is C9H12O3. The van der Waals surface area contributed by atoms with E-state index in [1.807, 2.05) is 0 Å². The standard InChI is InChI=1S/C9H12O3/c10-8-5-1-2-6(8)4-7(3-5)9(11)12/h5-7H,1-4H2,(H,11,12)/t5-,6+,7?. The van der Waals surface area contributed by atoms with Crippen LogP contribution in [0.25, 0.3) is 0 Å². The number of hydrogen-bond donors (Lipinski definition) is 1. The van der Waals surface area contributed by atoms with Crippen molar-refractivity contribution < 1.29 is 14.7 Å². The Bertz CT molecular complexity index is 218. The van der Waals surface area contributed by atoms with E-state index in [2.05, 4.69) is 0 Å². The summed E-state index contributed by atoms with van der Waals surface area (Å²) in [6.07, 6.45) is 3.02. The van der Waals surface area contributed by atoms with Crippen LogP contribution in [0.2, 0.25) is 0 Å². The number of fused-ring (bicyclic) bond motifs is 2. The monoisotopic (exact) mass is 168 g/mol. The number of aliphatic carboxylic acids is 1. The van der Waals surface area contributed by atoms with Gasteiger partial charge in [-0.25, -0.2) is 0 Å². The third kappa shape index (κ3) is 1.04. The van der Waals surface area contributed by atoms with Gasteiger partial charge in [-0.05, 0) is 25.7 Å². The van der Waals surface area contributed by atoms with E-state index in [4.69, 9.17) is 5.11 Å². The van der Waals surface area contributed by atoms with Crippen LogP contribution in [-0.2, 0) is 9.59 Å². The number of carbonyl (C=O) groups excluding carboxylic acids is 1. The van der Waals surface area contributed by atoms with Gasteiger partial charge in [0.05, 0.1) is 5.92 Å². The topological polar surface area (TPSA) is 54.4 Å². The van der Waals surface area contributed by atoms with Crippen LogP contribution in [0.4, 0.5) is 0 Å². The summed E-state index contributed by atoms with van der Waals surface area (Å²) in [5.41, 5.74) is 0. The number of Topliss-reactive ketones (excluding diaryl/α,β-unsaturated/α-hetero) is 1. The summed E-state index contributed by atoms with van der Waals surface area (Å²) in [5, 5.41) is 8.78. The normalized spacial score (nSPS) is 40.0. The minimum Gasteiger partial charge on any atom is -0.481 e. The lowest BCUT2D eigenvalue weighted by Crippen LogP contribution is -2.30. The molecule has 0 aliphatic heterocycles. The Morgan fingerprint density at radius 1 is 1.25 bits per heavy atom. The number of rotatable bonds is 1. The molecule has 2 fully saturated rings. The highest BCUT2D eigenvalue weighted by Crippen LogP contribution is 2.41. The van der Waals surface area contributed by atoms with Crippen molar-refractivity contribution in [1.29, 1.82) is 0 Å². The molecule has 3 atom stereocenters. The second kappa shape index (κ2) is 2.57. The number of carboxylic acid groups (broad SMARTS) is 1. The Kier molecular flexibility index (Phi) is 1.67. The first-order valence-corrected chi connectivity index (χ1v) is 4.45. The van der Waals surface area contributed by atoms with Crippen LogP contribution in [0, 0.1) is 17.8 Å². The molecule has 0 heterocycles. The van der Waals surface area contributed by atoms with Crippen LogP contribution in [0.5, 0.6) is 0 Å². The third-order valence-corrected chi connectivity index (χ3v) is 3.16. The average Bonchev–Trinajstić information content (AvgIpc) is 2.30. The van der Waals surface area contributed by atoms with Crippen molar-refractivity contribution in [3.63, 3.8) is 0 Å². The summed E-state index contributed by atoms with van der Waals surface area (Å²) in [6, 6.07) is 0. The molecule has 2 rings (SSSR count). The molecule has 0 saturated heterocycles. The van der Waals surface area contributed by atoms with Gasteiger partial charge in [0.2, 0.25) is 0 Å². The zero-order chi connectivity index (χ0) is 8.72. The second-order valence-corrected chi connectivity index (χ2v) is 3.88. The van der Waals surface area contributed by atoms with Gasteiger partial charge in [-0.2, -0.15) is 0 Å². The fourth-order valence-electron chi connectivity index (χ4n) is 2.47. The molecular weight excluding hydrogens is 156 g/mol. The Hall–Kier alpha value is -0.860. The molecule has 0 aromatic carbocycles. The lowest BCUT2D eigenvalue weighted by atomic mass is 9.80. The number of ketones is 1. The Balaban J connectivity index is 2.12. The van der Waals surface area contributed by atoms with Crippen molar-refractivity contribution in [3.05, 3.63) is 0 Å². The van der Waals surface area contributed by atoms with E-state index in [9.17, 15) is 9.59 Å². The van der Waals surface area contributed by atoms with Crippen LogP contribution in [0.3, 0.4) is 0 Å². The molecule has 2 saturated carbocycles.